The van der Waals surface area contributed by atoms with Crippen LogP contribution in [0, 0.1) is 10.1 Å². The maximum Gasteiger partial charge on any atom is 0.284 e. The second kappa shape index (κ2) is 8.45. The van der Waals surface area contributed by atoms with Crippen LogP contribution in [0.2, 0.25) is 0 Å². The van der Waals surface area contributed by atoms with Crippen molar-refractivity contribution in [2.45, 2.75) is 0 Å². The highest BCUT2D eigenvalue weighted by molar-refractivity contribution is 9.10. The standard InChI is InChI=1S/C20H14BrN3O4/c21-15-11-10-14(12-18(15)24(27)28)20(26)23-17-9-5-4-8-16(17)22-19(25)13-6-2-1-3-7-13/h1-12H,(H,22,25)(H,23,26). The number of halogens is 1. The fraction of sp³-hybridized carbons (Fsp3) is 0. The van der Waals surface area contributed by atoms with Crippen LogP contribution in [0.25, 0.3) is 0 Å². The van der Waals surface area contributed by atoms with Gasteiger partial charge in [-0.1, -0.05) is 30.3 Å². The second-order valence-electron chi connectivity index (χ2n) is 5.74. The van der Waals surface area contributed by atoms with Crippen molar-refractivity contribution in [3.05, 3.63) is 98.5 Å². The van der Waals surface area contributed by atoms with Gasteiger partial charge in [-0.25, -0.2) is 0 Å². The van der Waals surface area contributed by atoms with Gasteiger partial charge in [-0.2, -0.15) is 0 Å². The molecule has 8 heteroatoms. The van der Waals surface area contributed by atoms with Crippen molar-refractivity contribution in [3.63, 3.8) is 0 Å². The first-order chi connectivity index (χ1) is 13.5. The summed E-state index contributed by atoms with van der Waals surface area (Å²) in [4.78, 5) is 35.4. The summed E-state index contributed by atoms with van der Waals surface area (Å²) in [5.74, 6) is -0.849. The zero-order valence-electron chi connectivity index (χ0n) is 14.4. The average Bonchev–Trinajstić information content (AvgIpc) is 2.70. The number of carbonyl (C=O) groups excluding carboxylic acids is 2. The van der Waals surface area contributed by atoms with Crippen molar-refractivity contribution in [1.29, 1.82) is 0 Å². The predicted octanol–water partition coefficient (Wildman–Crippen LogP) is 4.86. The van der Waals surface area contributed by atoms with E-state index in [0.29, 0.717) is 16.9 Å². The van der Waals surface area contributed by atoms with E-state index in [9.17, 15) is 19.7 Å². The smallest absolute Gasteiger partial charge is 0.284 e. The van der Waals surface area contributed by atoms with Crippen LogP contribution in [0.5, 0.6) is 0 Å². The van der Waals surface area contributed by atoms with Gasteiger partial charge < -0.3 is 10.6 Å². The van der Waals surface area contributed by atoms with E-state index >= 15 is 0 Å². The molecule has 2 amide bonds. The monoisotopic (exact) mass is 439 g/mol. The van der Waals surface area contributed by atoms with E-state index in [1.807, 2.05) is 6.07 Å². The molecule has 0 fully saturated rings. The number of anilines is 2. The number of benzene rings is 3. The predicted molar refractivity (Wildman–Crippen MR) is 110 cm³/mol. The molecule has 0 saturated carbocycles. The molecule has 28 heavy (non-hydrogen) atoms. The van der Waals surface area contributed by atoms with Crippen LogP contribution in [0.3, 0.4) is 0 Å². The maximum absolute atomic E-state index is 12.5. The Morgan fingerprint density at radius 1 is 0.786 bits per heavy atom. The minimum absolute atomic E-state index is 0.124. The Kier molecular flexibility index (Phi) is 5.81. The van der Waals surface area contributed by atoms with E-state index < -0.39 is 10.8 Å². The van der Waals surface area contributed by atoms with Gasteiger partial charge in [-0.3, -0.25) is 19.7 Å². The largest absolute Gasteiger partial charge is 0.320 e. The third kappa shape index (κ3) is 4.41. The van der Waals surface area contributed by atoms with Gasteiger partial charge in [-0.15, -0.1) is 0 Å². The molecule has 0 heterocycles. The van der Waals surface area contributed by atoms with Crippen molar-refractivity contribution >= 4 is 44.8 Å². The van der Waals surface area contributed by atoms with Crippen molar-refractivity contribution in [3.8, 4) is 0 Å². The van der Waals surface area contributed by atoms with E-state index in [1.54, 1.807) is 48.5 Å². The number of nitro groups is 1. The number of nitro benzene ring substituents is 1. The lowest BCUT2D eigenvalue weighted by Crippen LogP contribution is -2.16. The van der Waals surface area contributed by atoms with Crippen molar-refractivity contribution in [2.24, 2.45) is 0 Å². The Bertz CT molecular complexity index is 1050. The van der Waals surface area contributed by atoms with Crippen LogP contribution in [0.4, 0.5) is 17.1 Å². The maximum atomic E-state index is 12.5. The van der Waals surface area contributed by atoms with Gasteiger partial charge in [0.1, 0.15) is 0 Å². The van der Waals surface area contributed by atoms with Crippen LogP contribution >= 0.6 is 15.9 Å². The van der Waals surface area contributed by atoms with Crippen molar-refractivity contribution < 1.29 is 14.5 Å². The summed E-state index contributed by atoms with van der Waals surface area (Å²) in [6, 6.07) is 19.5. The number of para-hydroxylation sites is 2. The summed E-state index contributed by atoms with van der Waals surface area (Å²) < 4.78 is 0.282. The fourth-order valence-corrected chi connectivity index (χ4v) is 2.86. The molecule has 0 unspecified atom stereocenters. The molecule has 3 aromatic carbocycles. The van der Waals surface area contributed by atoms with E-state index in [1.165, 1.54) is 18.2 Å². The number of nitrogens with zero attached hydrogens (tertiary/aromatic N) is 1. The lowest BCUT2D eigenvalue weighted by molar-refractivity contribution is -0.385. The third-order valence-electron chi connectivity index (χ3n) is 3.86. The summed E-state index contributed by atoms with van der Waals surface area (Å²) in [5, 5.41) is 16.5. The molecule has 0 aliphatic carbocycles. The van der Waals surface area contributed by atoms with Crippen LogP contribution in [-0.2, 0) is 0 Å². The topological polar surface area (TPSA) is 101 Å². The molecular weight excluding hydrogens is 426 g/mol. The molecule has 2 N–H and O–H groups in total. The molecular formula is C20H14BrN3O4. The van der Waals surface area contributed by atoms with E-state index in [4.69, 9.17) is 0 Å². The summed E-state index contributed by atoms with van der Waals surface area (Å²) >= 11 is 3.09. The van der Waals surface area contributed by atoms with Gasteiger partial charge in [-0.05, 0) is 52.3 Å². The summed E-state index contributed by atoms with van der Waals surface area (Å²) in [6.45, 7) is 0. The first kappa shape index (κ1) is 19.2. The third-order valence-corrected chi connectivity index (χ3v) is 4.54. The highest BCUT2D eigenvalue weighted by Gasteiger charge is 2.17. The summed E-state index contributed by atoms with van der Waals surface area (Å²) in [6.07, 6.45) is 0. The Morgan fingerprint density at radius 3 is 1.89 bits per heavy atom. The van der Waals surface area contributed by atoms with Crippen molar-refractivity contribution in [1.82, 2.24) is 0 Å². The lowest BCUT2D eigenvalue weighted by Gasteiger charge is -2.12. The SMILES string of the molecule is O=C(Nc1ccccc1NC(=O)c1ccc(Br)c([N+](=O)[O-])c1)c1ccccc1. The molecule has 0 bridgehead atoms. The van der Waals surface area contributed by atoms with Gasteiger partial charge in [0.15, 0.2) is 0 Å². The van der Waals surface area contributed by atoms with Crippen LogP contribution < -0.4 is 10.6 Å². The van der Waals surface area contributed by atoms with Crippen LogP contribution in [0.1, 0.15) is 20.7 Å². The fourth-order valence-electron chi connectivity index (χ4n) is 2.47. The number of carbonyl (C=O) groups is 2. The normalized spacial score (nSPS) is 10.2. The number of hydrogen-bond acceptors (Lipinski definition) is 4. The Morgan fingerprint density at radius 2 is 1.32 bits per heavy atom. The van der Waals surface area contributed by atoms with Gasteiger partial charge >= 0.3 is 0 Å². The molecule has 0 saturated heterocycles. The van der Waals surface area contributed by atoms with E-state index in [2.05, 4.69) is 26.6 Å². The molecule has 3 rings (SSSR count). The Hall–Kier alpha value is -3.52. The minimum atomic E-state index is -0.575. The average molecular weight is 440 g/mol. The molecule has 0 aliphatic heterocycles. The highest BCUT2D eigenvalue weighted by atomic mass is 79.9. The van der Waals surface area contributed by atoms with E-state index in [-0.39, 0.29) is 21.6 Å². The van der Waals surface area contributed by atoms with Gasteiger partial charge in [0, 0.05) is 17.2 Å². The number of amides is 2. The Balaban J connectivity index is 1.82. The van der Waals surface area contributed by atoms with Gasteiger partial charge in [0.25, 0.3) is 17.5 Å². The van der Waals surface area contributed by atoms with Crippen molar-refractivity contribution in [2.75, 3.05) is 10.6 Å². The second-order valence-corrected chi connectivity index (χ2v) is 6.60. The minimum Gasteiger partial charge on any atom is -0.320 e. The number of rotatable bonds is 5. The quantitative estimate of drug-likeness (QED) is 0.437. The molecule has 0 aliphatic rings. The summed E-state index contributed by atoms with van der Waals surface area (Å²) in [5.41, 5.74) is 1.18. The zero-order chi connectivity index (χ0) is 20.1. The number of nitrogens with one attached hydrogen (secondary N) is 2. The first-order valence-corrected chi connectivity index (χ1v) is 8.96. The molecule has 3 aromatic rings. The first-order valence-electron chi connectivity index (χ1n) is 8.16. The molecule has 0 spiro atoms. The van der Waals surface area contributed by atoms with Crippen LogP contribution in [-0.4, -0.2) is 16.7 Å². The molecule has 0 atom stereocenters. The highest BCUT2D eigenvalue weighted by Crippen LogP contribution is 2.27. The Labute approximate surface area is 168 Å². The molecule has 140 valence electrons. The summed E-state index contributed by atoms with van der Waals surface area (Å²) in [7, 11) is 0. The molecule has 7 nitrogen and oxygen atoms in total. The molecule has 0 radical (unpaired) electrons. The van der Waals surface area contributed by atoms with Crippen LogP contribution in [0.15, 0.2) is 77.3 Å². The lowest BCUT2D eigenvalue weighted by atomic mass is 10.1. The van der Waals surface area contributed by atoms with E-state index in [0.717, 1.165) is 0 Å². The van der Waals surface area contributed by atoms with Gasteiger partial charge in [0.05, 0.1) is 20.8 Å². The van der Waals surface area contributed by atoms with Gasteiger partial charge in [0.2, 0.25) is 0 Å². The molecule has 0 aromatic heterocycles. The number of hydrogen-bond donors (Lipinski definition) is 2. The zero-order valence-corrected chi connectivity index (χ0v) is 16.0.